The summed E-state index contributed by atoms with van der Waals surface area (Å²) >= 11 is 1.36. The van der Waals surface area contributed by atoms with Crippen LogP contribution in [0.3, 0.4) is 0 Å². The van der Waals surface area contributed by atoms with Crippen molar-refractivity contribution in [3.63, 3.8) is 0 Å². The van der Waals surface area contributed by atoms with Crippen molar-refractivity contribution in [3.8, 4) is 0 Å². The van der Waals surface area contributed by atoms with E-state index in [0.29, 0.717) is 23.3 Å². The van der Waals surface area contributed by atoms with Crippen LogP contribution >= 0.6 is 11.3 Å². The van der Waals surface area contributed by atoms with E-state index in [4.69, 9.17) is 4.74 Å². The van der Waals surface area contributed by atoms with Gasteiger partial charge in [0.05, 0.1) is 13.2 Å². The van der Waals surface area contributed by atoms with E-state index in [2.05, 4.69) is 4.90 Å². The lowest BCUT2D eigenvalue weighted by Gasteiger charge is -2.40. The molecule has 0 saturated carbocycles. The molecule has 0 bridgehead atoms. The summed E-state index contributed by atoms with van der Waals surface area (Å²) in [5.74, 6) is 0. The molecule has 2 saturated heterocycles. The third-order valence-electron chi connectivity index (χ3n) is 4.23. The Bertz CT molecular complexity index is 579. The van der Waals surface area contributed by atoms with Crippen LogP contribution in [0.5, 0.6) is 0 Å². The molecule has 1 atom stereocenters. The van der Waals surface area contributed by atoms with Gasteiger partial charge in [-0.3, -0.25) is 4.90 Å². The average Bonchev–Trinajstić information content (AvgIpc) is 2.96. The third-order valence-corrected chi connectivity index (χ3v) is 7.56. The van der Waals surface area contributed by atoms with Crippen molar-refractivity contribution < 1.29 is 13.2 Å². The Labute approximate surface area is 130 Å². The zero-order chi connectivity index (χ0) is 14.9. The standard InChI is InChI=1S/C14H22N2O3S2/c1-12-4-5-14(20-12)21(17,18)16-6-2-3-13(11-16)15-7-9-19-10-8-15/h4-5,13H,2-3,6-11H2,1H3. The molecule has 2 aliphatic rings. The maximum Gasteiger partial charge on any atom is 0.252 e. The first-order valence-electron chi connectivity index (χ1n) is 7.46. The lowest BCUT2D eigenvalue weighted by Crippen LogP contribution is -2.52. The lowest BCUT2D eigenvalue weighted by molar-refractivity contribution is 0.00539. The summed E-state index contributed by atoms with van der Waals surface area (Å²) in [6, 6.07) is 3.94. The van der Waals surface area contributed by atoms with E-state index in [0.717, 1.165) is 44.0 Å². The number of rotatable bonds is 3. The van der Waals surface area contributed by atoms with Gasteiger partial charge in [0.1, 0.15) is 4.21 Å². The molecule has 3 rings (SSSR count). The van der Waals surface area contributed by atoms with E-state index in [-0.39, 0.29) is 0 Å². The van der Waals surface area contributed by atoms with Gasteiger partial charge in [0.25, 0.3) is 10.0 Å². The first-order chi connectivity index (χ1) is 10.1. The molecule has 2 fully saturated rings. The molecule has 0 radical (unpaired) electrons. The molecule has 0 aliphatic carbocycles. The number of nitrogens with zero attached hydrogens (tertiary/aromatic N) is 2. The van der Waals surface area contributed by atoms with Crippen LogP contribution < -0.4 is 0 Å². The van der Waals surface area contributed by atoms with Gasteiger partial charge in [-0.2, -0.15) is 4.31 Å². The van der Waals surface area contributed by atoms with Crippen LogP contribution in [-0.4, -0.2) is 63.1 Å². The Balaban J connectivity index is 1.73. The van der Waals surface area contributed by atoms with Crippen LogP contribution in [-0.2, 0) is 14.8 Å². The average molecular weight is 330 g/mol. The van der Waals surface area contributed by atoms with E-state index in [1.165, 1.54) is 11.3 Å². The summed E-state index contributed by atoms with van der Waals surface area (Å²) in [6.45, 7) is 6.53. The van der Waals surface area contributed by atoms with Crippen molar-refractivity contribution in [2.75, 3.05) is 39.4 Å². The van der Waals surface area contributed by atoms with E-state index < -0.39 is 10.0 Å². The summed E-state index contributed by atoms with van der Waals surface area (Å²) in [5.41, 5.74) is 0. The van der Waals surface area contributed by atoms with Gasteiger partial charge in [-0.25, -0.2) is 8.42 Å². The predicted molar refractivity (Wildman–Crippen MR) is 83.2 cm³/mol. The van der Waals surface area contributed by atoms with Crippen molar-refractivity contribution in [1.29, 1.82) is 0 Å². The molecule has 21 heavy (non-hydrogen) atoms. The Morgan fingerprint density at radius 3 is 2.67 bits per heavy atom. The topological polar surface area (TPSA) is 49.9 Å². The van der Waals surface area contributed by atoms with Crippen LogP contribution in [0, 0.1) is 6.92 Å². The van der Waals surface area contributed by atoms with E-state index in [1.807, 2.05) is 13.0 Å². The molecule has 0 N–H and O–H groups in total. The molecule has 0 amide bonds. The van der Waals surface area contributed by atoms with Gasteiger partial charge in [-0.05, 0) is 31.9 Å². The van der Waals surface area contributed by atoms with Crippen molar-refractivity contribution in [3.05, 3.63) is 17.0 Å². The molecule has 0 spiro atoms. The van der Waals surface area contributed by atoms with E-state index in [9.17, 15) is 8.42 Å². The highest BCUT2D eigenvalue weighted by molar-refractivity contribution is 7.91. The lowest BCUT2D eigenvalue weighted by atomic mass is 10.1. The summed E-state index contributed by atoms with van der Waals surface area (Å²) < 4.78 is 33.0. The second-order valence-electron chi connectivity index (χ2n) is 5.67. The Kier molecular flexibility index (Phi) is 4.66. The van der Waals surface area contributed by atoms with Gasteiger partial charge in [0.15, 0.2) is 0 Å². The Hall–Kier alpha value is -0.470. The van der Waals surface area contributed by atoms with Gasteiger partial charge in [0, 0.05) is 37.1 Å². The van der Waals surface area contributed by atoms with Crippen molar-refractivity contribution >= 4 is 21.4 Å². The highest BCUT2D eigenvalue weighted by Crippen LogP contribution is 2.27. The molecule has 0 aromatic carbocycles. The Morgan fingerprint density at radius 2 is 2.00 bits per heavy atom. The van der Waals surface area contributed by atoms with Crippen LogP contribution in [0.25, 0.3) is 0 Å². The number of sulfonamides is 1. The molecule has 2 aliphatic heterocycles. The largest absolute Gasteiger partial charge is 0.379 e. The second kappa shape index (κ2) is 6.34. The fourth-order valence-corrected chi connectivity index (χ4v) is 6.01. The number of piperidine rings is 1. The molecule has 5 nitrogen and oxygen atoms in total. The highest BCUT2D eigenvalue weighted by Gasteiger charge is 2.33. The van der Waals surface area contributed by atoms with Crippen molar-refractivity contribution in [2.24, 2.45) is 0 Å². The zero-order valence-electron chi connectivity index (χ0n) is 12.3. The van der Waals surface area contributed by atoms with Gasteiger partial charge in [-0.15, -0.1) is 11.3 Å². The number of aryl methyl sites for hydroxylation is 1. The maximum atomic E-state index is 12.7. The first-order valence-corrected chi connectivity index (χ1v) is 9.71. The summed E-state index contributed by atoms with van der Waals surface area (Å²) in [6.07, 6.45) is 2.01. The minimum atomic E-state index is -3.32. The SMILES string of the molecule is Cc1ccc(S(=O)(=O)N2CCCC(N3CCOCC3)C2)s1. The smallest absolute Gasteiger partial charge is 0.252 e. The van der Waals surface area contributed by atoms with E-state index >= 15 is 0 Å². The Morgan fingerprint density at radius 1 is 1.24 bits per heavy atom. The summed E-state index contributed by atoms with van der Waals surface area (Å²) in [7, 11) is -3.32. The molecule has 1 aromatic rings. The van der Waals surface area contributed by atoms with Crippen molar-refractivity contribution in [2.45, 2.75) is 30.0 Å². The van der Waals surface area contributed by atoms with Gasteiger partial charge in [-0.1, -0.05) is 0 Å². The molecule has 7 heteroatoms. The minimum Gasteiger partial charge on any atom is -0.379 e. The minimum absolute atomic E-state index is 0.332. The molecular weight excluding hydrogens is 308 g/mol. The first kappa shape index (κ1) is 15.4. The molecular formula is C14H22N2O3S2. The van der Waals surface area contributed by atoms with Gasteiger partial charge < -0.3 is 4.74 Å². The van der Waals surface area contributed by atoms with Crippen molar-refractivity contribution in [1.82, 2.24) is 9.21 Å². The van der Waals surface area contributed by atoms with Gasteiger partial charge >= 0.3 is 0 Å². The van der Waals surface area contributed by atoms with E-state index in [1.54, 1.807) is 10.4 Å². The number of hydrogen-bond acceptors (Lipinski definition) is 5. The second-order valence-corrected chi connectivity index (χ2v) is 9.13. The zero-order valence-corrected chi connectivity index (χ0v) is 14.0. The van der Waals surface area contributed by atoms with Crippen LogP contribution in [0.1, 0.15) is 17.7 Å². The normalized spacial score (nSPS) is 26.0. The fourth-order valence-electron chi connectivity index (χ4n) is 3.06. The molecule has 3 heterocycles. The van der Waals surface area contributed by atoms with Crippen LogP contribution in [0.2, 0.25) is 0 Å². The van der Waals surface area contributed by atoms with Crippen LogP contribution in [0.15, 0.2) is 16.3 Å². The number of hydrogen-bond donors (Lipinski definition) is 0. The predicted octanol–water partition coefficient (Wildman–Crippen LogP) is 1.54. The quantitative estimate of drug-likeness (QED) is 0.844. The third kappa shape index (κ3) is 3.32. The molecule has 1 aromatic heterocycles. The summed E-state index contributed by atoms with van der Waals surface area (Å²) in [4.78, 5) is 3.42. The van der Waals surface area contributed by atoms with Gasteiger partial charge in [0.2, 0.25) is 0 Å². The number of morpholine rings is 1. The molecule has 118 valence electrons. The highest BCUT2D eigenvalue weighted by atomic mass is 32.2. The number of thiophene rings is 1. The monoisotopic (exact) mass is 330 g/mol. The fraction of sp³-hybridized carbons (Fsp3) is 0.714. The maximum absolute atomic E-state index is 12.7. The number of ether oxygens (including phenoxy) is 1. The van der Waals surface area contributed by atoms with Crippen LogP contribution in [0.4, 0.5) is 0 Å². The molecule has 1 unspecified atom stereocenters. The summed E-state index contributed by atoms with van der Waals surface area (Å²) in [5, 5.41) is 0.